The number of pyridine rings is 1. The molecule has 0 unspecified atom stereocenters. The number of carbonyl (C=O) groups excluding carboxylic acids is 1. The summed E-state index contributed by atoms with van der Waals surface area (Å²) in [5.74, 6) is 1.16. The lowest BCUT2D eigenvalue weighted by atomic mass is 10.2. The highest BCUT2D eigenvalue weighted by Gasteiger charge is 2.08. The summed E-state index contributed by atoms with van der Waals surface area (Å²) >= 11 is 0. The molecule has 120 valence electrons. The van der Waals surface area contributed by atoms with Crippen LogP contribution in [-0.2, 0) is 0 Å². The van der Waals surface area contributed by atoms with E-state index in [-0.39, 0.29) is 5.91 Å². The minimum absolute atomic E-state index is 0.246. The third-order valence-corrected chi connectivity index (χ3v) is 3.41. The summed E-state index contributed by atoms with van der Waals surface area (Å²) in [4.78, 5) is 26.9. The van der Waals surface area contributed by atoms with E-state index in [2.05, 4.69) is 20.3 Å². The SMILES string of the molecule is CN(C)c1ccc(C(=O)Nc2cnc(-c3ccccc3)nc2)cn1. The molecule has 6 nitrogen and oxygen atoms in total. The molecule has 0 aliphatic carbocycles. The van der Waals surface area contributed by atoms with Crippen LogP contribution >= 0.6 is 0 Å². The Balaban J connectivity index is 1.70. The Kier molecular flexibility index (Phi) is 4.47. The van der Waals surface area contributed by atoms with E-state index in [1.165, 1.54) is 0 Å². The van der Waals surface area contributed by atoms with Gasteiger partial charge in [-0.05, 0) is 12.1 Å². The molecule has 6 heteroatoms. The van der Waals surface area contributed by atoms with Gasteiger partial charge >= 0.3 is 0 Å². The molecule has 0 radical (unpaired) electrons. The van der Waals surface area contributed by atoms with Gasteiger partial charge in [0.25, 0.3) is 5.91 Å². The Morgan fingerprint density at radius 1 is 0.917 bits per heavy atom. The Morgan fingerprint density at radius 2 is 1.62 bits per heavy atom. The second kappa shape index (κ2) is 6.87. The molecule has 3 rings (SSSR count). The van der Waals surface area contributed by atoms with Crippen LogP contribution < -0.4 is 10.2 Å². The first kappa shape index (κ1) is 15.6. The van der Waals surface area contributed by atoms with Crippen LogP contribution in [0, 0.1) is 0 Å². The molecule has 0 atom stereocenters. The first-order valence-electron chi connectivity index (χ1n) is 7.45. The number of aromatic nitrogens is 3. The summed E-state index contributed by atoms with van der Waals surface area (Å²) in [6.07, 6.45) is 4.73. The summed E-state index contributed by atoms with van der Waals surface area (Å²) in [5.41, 5.74) is 1.95. The predicted molar refractivity (Wildman–Crippen MR) is 94.0 cm³/mol. The highest BCUT2D eigenvalue weighted by molar-refractivity contribution is 6.04. The highest BCUT2D eigenvalue weighted by atomic mass is 16.1. The molecular formula is C18H17N5O. The van der Waals surface area contributed by atoms with Crippen LogP contribution in [0.1, 0.15) is 10.4 Å². The molecule has 2 aromatic heterocycles. The number of carbonyl (C=O) groups is 1. The number of hydrogen-bond donors (Lipinski definition) is 1. The average molecular weight is 319 g/mol. The Bertz CT molecular complexity index is 814. The summed E-state index contributed by atoms with van der Waals surface area (Å²) < 4.78 is 0. The van der Waals surface area contributed by atoms with Gasteiger partial charge in [0.2, 0.25) is 0 Å². The lowest BCUT2D eigenvalue weighted by Gasteiger charge is -2.11. The molecule has 0 fully saturated rings. The zero-order chi connectivity index (χ0) is 16.9. The van der Waals surface area contributed by atoms with Crippen molar-refractivity contribution in [2.24, 2.45) is 0 Å². The number of rotatable bonds is 4. The molecule has 0 spiro atoms. The number of anilines is 2. The molecule has 0 saturated carbocycles. The zero-order valence-corrected chi connectivity index (χ0v) is 13.5. The van der Waals surface area contributed by atoms with E-state index >= 15 is 0 Å². The van der Waals surface area contributed by atoms with E-state index < -0.39 is 0 Å². The molecule has 1 aromatic carbocycles. The molecule has 1 N–H and O–H groups in total. The topological polar surface area (TPSA) is 71.0 Å². The van der Waals surface area contributed by atoms with E-state index in [1.54, 1.807) is 30.7 Å². The van der Waals surface area contributed by atoms with E-state index in [1.807, 2.05) is 49.3 Å². The van der Waals surface area contributed by atoms with Gasteiger partial charge in [0.15, 0.2) is 5.82 Å². The van der Waals surface area contributed by atoms with Crippen molar-refractivity contribution in [1.29, 1.82) is 0 Å². The maximum Gasteiger partial charge on any atom is 0.257 e. The van der Waals surface area contributed by atoms with Crippen molar-refractivity contribution >= 4 is 17.4 Å². The van der Waals surface area contributed by atoms with Crippen molar-refractivity contribution in [3.8, 4) is 11.4 Å². The largest absolute Gasteiger partial charge is 0.363 e. The normalized spacial score (nSPS) is 10.2. The third-order valence-electron chi connectivity index (χ3n) is 3.41. The van der Waals surface area contributed by atoms with Gasteiger partial charge in [-0.15, -0.1) is 0 Å². The fourth-order valence-corrected chi connectivity index (χ4v) is 2.12. The van der Waals surface area contributed by atoms with E-state index in [0.717, 1.165) is 11.4 Å². The van der Waals surface area contributed by atoms with Crippen LogP contribution in [0.5, 0.6) is 0 Å². The minimum atomic E-state index is -0.246. The number of nitrogens with one attached hydrogen (secondary N) is 1. The van der Waals surface area contributed by atoms with Crippen LogP contribution in [0.4, 0.5) is 11.5 Å². The lowest BCUT2D eigenvalue weighted by molar-refractivity contribution is 0.102. The maximum atomic E-state index is 12.2. The second-order valence-corrected chi connectivity index (χ2v) is 5.41. The third kappa shape index (κ3) is 3.55. The van der Waals surface area contributed by atoms with Crippen molar-refractivity contribution in [3.63, 3.8) is 0 Å². The number of hydrogen-bond acceptors (Lipinski definition) is 5. The summed E-state index contributed by atoms with van der Waals surface area (Å²) in [5, 5.41) is 2.77. The Hall–Kier alpha value is -3.28. The second-order valence-electron chi connectivity index (χ2n) is 5.41. The molecule has 3 aromatic rings. The van der Waals surface area contributed by atoms with Gasteiger partial charge in [-0.1, -0.05) is 30.3 Å². The quantitative estimate of drug-likeness (QED) is 0.800. The van der Waals surface area contributed by atoms with Crippen LogP contribution in [0.3, 0.4) is 0 Å². The number of amides is 1. The predicted octanol–water partition coefficient (Wildman–Crippen LogP) is 2.86. The fraction of sp³-hybridized carbons (Fsp3) is 0.111. The fourth-order valence-electron chi connectivity index (χ4n) is 2.12. The van der Waals surface area contributed by atoms with Gasteiger partial charge in [-0.3, -0.25) is 4.79 Å². The maximum absolute atomic E-state index is 12.2. The molecule has 2 heterocycles. The first-order valence-corrected chi connectivity index (χ1v) is 7.45. The van der Waals surface area contributed by atoms with Gasteiger partial charge < -0.3 is 10.2 Å². The molecule has 0 bridgehead atoms. The van der Waals surface area contributed by atoms with Crippen molar-refractivity contribution in [1.82, 2.24) is 15.0 Å². The van der Waals surface area contributed by atoms with Gasteiger partial charge in [-0.2, -0.15) is 0 Å². The van der Waals surface area contributed by atoms with Crippen molar-refractivity contribution in [3.05, 3.63) is 66.6 Å². The Morgan fingerprint density at radius 3 is 2.21 bits per heavy atom. The van der Waals surface area contributed by atoms with Gasteiger partial charge in [-0.25, -0.2) is 15.0 Å². The summed E-state index contributed by atoms with van der Waals surface area (Å²) in [6.45, 7) is 0. The first-order chi connectivity index (χ1) is 11.6. The van der Waals surface area contributed by atoms with E-state index in [0.29, 0.717) is 17.1 Å². The monoisotopic (exact) mass is 319 g/mol. The van der Waals surface area contributed by atoms with Gasteiger partial charge in [0.1, 0.15) is 5.82 Å². The smallest absolute Gasteiger partial charge is 0.257 e. The molecular weight excluding hydrogens is 302 g/mol. The van der Waals surface area contributed by atoms with Crippen LogP contribution in [0.25, 0.3) is 11.4 Å². The van der Waals surface area contributed by atoms with Crippen molar-refractivity contribution in [2.45, 2.75) is 0 Å². The van der Waals surface area contributed by atoms with Crippen LogP contribution in [-0.4, -0.2) is 35.0 Å². The van der Waals surface area contributed by atoms with E-state index in [9.17, 15) is 4.79 Å². The van der Waals surface area contributed by atoms with Crippen molar-refractivity contribution < 1.29 is 4.79 Å². The van der Waals surface area contributed by atoms with E-state index in [4.69, 9.17) is 0 Å². The minimum Gasteiger partial charge on any atom is -0.363 e. The molecule has 0 aliphatic heterocycles. The van der Waals surface area contributed by atoms with Crippen molar-refractivity contribution in [2.75, 3.05) is 24.3 Å². The standard InChI is InChI=1S/C18H17N5O/c1-23(2)16-9-8-14(10-19-16)18(24)22-15-11-20-17(21-12-15)13-6-4-3-5-7-13/h3-12H,1-2H3,(H,22,24). The summed E-state index contributed by atoms with van der Waals surface area (Å²) in [6, 6.07) is 13.2. The molecule has 24 heavy (non-hydrogen) atoms. The average Bonchev–Trinajstić information content (AvgIpc) is 2.63. The van der Waals surface area contributed by atoms with Crippen LogP contribution in [0.2, 0.25) is 0 Å². The van der Waals surface area contributed by atoms with Crippen LogP contribution in [0.15, 0.2) is 61.1 Å². The summed E-state index contributed by atoms with van der Waals surface area (Å²) in [7, 11) is 3.79. The van der Waals surface area contributed by atoms with Gasteiger partial charge in [0, 0.05) is 25.9 Å². The molecule has 1 amide bonds. The number of nitrogens with zero attached hydrogens (tertiary/aromatic N) is 4. The number of benzene rings is 1. The molecule has 0 aliphatic rings. The zero-order valence-electron chi connectivity index (χ0n) is 13.5. The lowest BCUT2D eigenvalue weighted by Crippen LogP contribution is -2.14. The Labute approximate surface area is 140 Å². The highest BCUT2D eigenvalue weighted by Crippen LogP contribution is 2.15. The van der Waals surface area contributed by atoms with Gasteiger partial charge in [0.05, 0.1) is 23.6 Å². The molecule has 0 saturated heterocycles.